The van der Waals surface area contributed by atoms with Crippen molar-refractivity contribution in [2.45, 2.75) is 6.92 Å². The maximum absolute atomic E-state index is 8.56. The number of carboxylic acid groups (broad SMARTS) is 4. The van der Waals surface area contributed by atoms with Crippen LogP contribution in [-0.2, 0) is 0 Å². The Morgan fingerprint density at radius 2 is 1.17 bits per heavy atom. The van der Waals surface area contributed by atoms with Crippen LogP contribution in [0.25, 0.3) is 0 Å². The summed E-state index contributed by atoms with van der Waals surface area (Å²) in [6, 6.07) is 0. The molecule has 7 heteroatoms. The zero-order chi connectivity index (χ0) is 9.86. The summed E-state index contributed by atoms with van der Waals surface area (Å²) in [5.74, 6) is 0. The number of allylic oxidation sites excluding steroid dienone is 1. The summed E-state index contributed by atoms with van der Waals surface area (Å²) in [5.41, 5.74) is 0. The van der Waals surface area contributed by atoms with Crippen LogP contribution in [0.4, 0.5) is 9.59 Å². The molecule has 0 spiro atoms. The van der Waals surface area contributed by atoms with Gasteiger partial charge in [0.2, 0.25) is 0 Å². The zero-order valence-electron chi connectivity index (χ0n) is 7.89. The minimum Gasteiger partial charge on any atom is -1.00 e. The van der Waals surface area contributed by atoms with E-state index in [0.717, 1.165) is 0 Å². The van der Waals surface area contributed by atoms with E-state index in [9.17, 15) is 0 Å². The summed E-state index contributed by atoms with van der Waals surface area (Å²) < 4.78 is 0. The van der Waals surface area contributed by atoms with Crippen molar-refractivity contribution in [3.63, 3.8) is 0 Å². The van der Waals surface area contributed by atoms with Crippen LogP contribution in [0.3, 0.4) is 0 Å². The van der Waals surface area contributed by atoms with Gasteiger partial charge in [-0.1, -0.05) is 6.08 Å². The van der Waals surface area contributed by atoms with Crippen LogP contribution in [0.15, 0.2) is 12.7 Å². The van der Waals surface area contributed by atoms with E-state index in [0.29, 0.717) is 0 Å². The molecule has 0 amide bonds. The Hall–Kier alpha value is -1.12. The van der Waals surface area contributed by atoms with Crippen molar-refractivity contribution in [2.24, 2.45) is 0 Å². The van der Waals surface area contributed by atoms with E-state index >= 15 is 0 Å². The van der Waals surface area contributed by atoms with Gasteiger partial charge in [-0.25, -0.2) is 9.59 Å². The molecule has 4 N–H and O–H groups in total. The summed E-state index contributed by atoms with van der Waals surface area (Å²) in [5, 5.41) is 27.9. The maximum atomic E-state index is 8.56. The van der Waals surface area contributed by atoms with E-state index < -0.39 is 12.3 Å². The first kappa shape index (κ1) is 22.4. The minimum absolute atomic E-state index is 0. The van der Waals surface area contributed by atoms with Gasteiger partial charge in [0.05, 0.1) is 0 Å². The minimum atomic E-state index is -1.83. The first-order valence-electron chi connectivity index (χ1n) is 2.29. The quantitative estimate of drug-likeness (QED) is 0.269. The Bertz CT molecular complexity index is 108. The maximum Gasteiger partial charge on any atom is 1.00 e. The summed E-state index contributed by atoms with van der Waals surface area (Å²) in [7, 11) is 0. The first-order chi connectivity index (χ1) is 4.88. The molecule has 0 saturated carbocycles. The molecule has 0 aliphatic carbocycles. The standard InChI is InChI=1S/C3H6.2CH2O3.Li.H/c1-3-2;2*2-1(3)4;;/h3H,1H2,2H3;2*(H2,2,3,4);;/q;;;+1;-1. The Balaban J connectivity index is -0.0000000231. The van der Waals surface area contributed by atoms with Crippen LogP contribution in [0.5, 0.6) is 0 Å². The number of hydrogen-bond acceptors (Lipinski definition) is 2. The zero-order valence-corrected chi connectivity index (χ0v) is 6.89. The van der Waals surface area contributed by atoms with Crippen molar-refractivity contribution < 1.29 is 50.3 Å². The van der Waals surface area contributed by atoms with Gasteiger partial charge >= 0.3 is 31.2 Å². The Morgan fingerprint density at radius 3 is 1.17 bits per heavy atom. The van der Waals surface area contributed by atoms with Gasteiger partial charge in [-0.05, 0) is 6.92 Å². The predicted octanol–water partition coefficient (Wildman–Crippen LogP) is -1.25. The smallest absolute Gasteiger partial charge is 1.00 e. The molecule has 0 heterocycles. The van der Waals surface area contributed by atoms with E-state index in [-0.39, 0.29) is 20.3 Å². The number of hydrogen-bond donors (Lipinski definition) is 4. The van der Waals surface area contributed by atoms with Gasteiger partial charge in [0.15, 0.2) is 0 Å². The van der Waals surface area contributed by atoms with Gasteiger partial charge < -0.3 is 21.9 Å². The third-order valence-corrected chi connectivity index (χ3v) is 0. The van der Waals surface area contributed by atoms with Crippen molar-refractivity contribution in [1.29, 1.82) is 0 Å². The fourth-order valence-corrected chi connectivity index (χ4v) is 0. The molecule has 0 aliphatic heterocycles. The van der Waals surface area contributed by atoms with Gasteiger partial charge in [-0.15, -0.1) is 6.58 Å². The van der Waals surface area contributed by atoms with Crippen LogP contribution in [0, 0.1) is 0 Å². The predicted molar refractivity (Wildman–Crippen MR) is 38.3 cm³/mol. The van der Waals surface area contributed by atoms with Crippen molar-refractivity contribution >= 4 is 12.3 Å². The van der Waals surface area contributed by atoms with E-state index in [1.165, 1.54) is 0 Å². The Morgan fingerprint density at radius 1 is 1.17 bits per heavy atom. The molecule has 0 atom stereocenters. The molecule has 0 fully saturated rings. The van der Waals surface area contributed by atoms with E-state index in [2.05, 4.69) is 6.58 Å². The third-order valence-electron chi connectivity index (χ3n) is 0. The molecular formula is C5H11LiO6. The molecule has 0 radical (unpaired) electrons. The van der Waals surface area contributed by atoms with Crippen molar-refractivity contribution in [3.8, 4) is 0 Å². The molecule has 0 rings (SSSR count). The molecule has 0 bridgehead atoms. The third kappa shape index (κ3) is 437. The second kappa shape index (κ2) is 22.5. The average Bonchev–Trinajstić information content (AvgIpc) is 1.60. The topological polar surface area (TPSA) is 115 Å². The average molecular weight is 174 g/mol. The van der Waals surface area contributed by atoms with Crippen LogP contribution in [-0.4, -0.2) is 32.7 Å². The molecule has 0 aromatic heterocycles. The fourth-order valence-electron chi connectivity index (χ4n) is 0. The molecule has 12 heavy (non-hydrogen) atoms. The molecule has 68 valence electrons. The van der Waals surface area contributed by atoms with Gasteiger partial charge in [0, 0.05) is 0 Å². The Labute approximate surface area is 82.8 Å². The number of rotatable bonds is 0. The van der Waals surface area contributed by atoms with E-state index in [1.807, 2.05) is 6.92 Å². The second-order valence-electron chi connectivity index (χ2n) is 0.973. The largest absolute Gasteiger partial charge is 1.00 e. The SMILES string of the molecule is C=CC.O=C(O)O.O=C(O)O.[H-].[Li+]. The molecule has 6 nitrogen and oxygen atoms in total. The number of carbonyl (C=O) groups is 2. The fraction of sp³-hybridized carbons (Fsp3) is 0.200. The molecule has 0 aliphatic rings. The van der Waals surface area contributed by atoms with E-state index in [4.69, 9.17) is 30.0 Å². The van der Waals surface area contributed by atoms with Crippen molar-refractivity contribution in [3.05, 3.63) is 12.7 Å². The molecule has 0 unspecified atom stereocenters. The monoisotopic (exact) mass is 174 g/mol. The van der Waals surface area contributed by atoms with Crippen LogP contribution in [0.1, 0.15) is 8.35 Å². The van der Waals surface area contributed by atoms with Gasteiger partial charge in [0.1, 0.15) is 0 Å². The van der Waals surface area contributed by atoms with Crippen molar-refractivity contribution in [1.82, 2.24) is 0 Å². The molecular weight excluding hydrogens is 163 g/mol. The normalized spacial score (nSPS) is 5.08. The molecule has 0 saturated heterocycles. The van der Waals surface area contributed by atoms with E-state index in [1.54, 1.807) is 6.08 Å². The summed E-state index contributed by atoms with van der Waals surface area (Å²) in [4.78, 5) is 17.1. The molecule has 0 aromatic rings. The Kier molecular flexibility index (Phi) is 42.1. The van der Waals surface area contributed by atoms with Gasteiger partial charge in [0.25, 0.3) is 0 Å². The van der Waals surface area contributed by atoms with Crippen molar-refractivity contribution in [2.75, 3.05) is 0 Å². The summed E-state index contributed by atoms with van der Waals surface area (Å²) in [6.07, 6.45) is -1.92. The molecule has 0 aromatic carbocycles. The van der Waals surface area contributed by atoms with Crippen LogP contribution < -0.4 is 18.9 Å². The first-order valence-corrected chi connectivity index (χ1v) is 2.29. The van der Waals surface area contributed by atoms with Crippen LogP contribution in [0.2, 0.25) is 0 Å². The van der Waals surface area contributed by atoms with Gasteiger partial charge in [-0.2, -0.15) is 0 Å². The van der Waals surface area contributed by atoms with Gasteiger partial charge in [-0.3, -0.25) is 0 Å². The summed E-state index contributed by atoms with van der Waals surface area (Å²) >= 11 is 0. The van der Waals surface area contributed by atoms with Crippen LogP contribution >= 0.6 is 0 Å². The second-order valence-corrected chi connectivity index (χ2v) is 0.973. The summed E-state index contributed by atoms with van der Waals surface area (Å²) in [6.45, 7) is 5.25.